The van der Waals surface area contributed by atoms with Crippen LogP contribution < -0.4 is 5.73 Å². The molecule has 0 aromatic carbocycles. The molecule has 1 unspecified atom stereocenters. The molecule has 17 heavy (non-hydrogen) atoms. The number of nitrogens with zero attached hydrogens (tertiary/aromatic N) is 1. The van der Waals surface area contributed by atoms with Crippen LogP contribution in [-0.2, 0) is 4.74 Å². The Morgan fingerprint density at radius 2 is 2.00 bits per heavy atom. The Bertz CT molecular complexity index is 193. The first-order valence-corrected chi connectivity index (χ1v) is 7.12. The highest BCUT2D eigenvalue weighted by molar-refractivity contribution is 4.86. The molecule has 3 nitrogen and oxygen atoms in total. The lowest BCUT2D eigenvalue weighted by Gasteiger charge is -2.26. The van der Waals surface area contributed by atoms with E-state index in [4.69, 9.17) is 10.5 Å². The zero-order valence-electron chi connectivity index (χ0n) is 11.8. The SMILES string of the molecule is COCCCC(N)CN(CCC(C)C)C1CC1. The highest BCUT2D eigenvalue weighted by atomic mass is 16.5. The van der Waals surface area contributed by atoms with E-state index < -0.39 is 0 Å². The molecule has 1 aliphatic carbocycles. The van der Waals surface area contributed by atoms with Crippen LogP contribution in [-0.4, -0.2) is 43.8 Å². The van der Waals surface area contributed by atoms with Crippen LogP contribution in [0.4, 0.5) is 0 Å². The van der Waals surface area contributed by atoms with Crippen molar-refractivity contribution in [2.45, 2.75) is 58.0 Å². The van der Waals surface area contributed by atoms with Gasteiger partial charge in [-0.05, 0) is 44.6 Å². The summed E-state index contributed by atoms with van der Waals surface area (Å²) in [5.41, 5.74) is 6.19. The molecule has 3 heteroatoms. The molecule has 1 fully saturated rings. The van der Waals surface area contributed by atoms with E-state index in [1.54, 1.807) is 7.11 Å². The Balaban J connectivity index is 2.18. The van der Waals surface area contributed by atoms with Crippen LogP contribution in [0.1, 0.15) is 46.0 Å². The molecule has 0 bridgehead atoms. The van der Waals surface area contributed by atoms with Crippen LogP contribution in [0.2, 0.25) is 0 Å². The van der Waals surface area contributed by atoms with Crippen molar-refractivity contribution in [1.82, 2.24) is 4.90 Å². The first-order valence-electron chi connectivity index (χ1n) is 7.12. The van der Waals surface area contributed by atoms with Gasteiger partial charge in [0.25, 0.3) is 0 Å². The van der Waals surface area contributed by atoms with Crippen LogP contribution in [0.5, 0.6) is 0 Å². The van der Waals surface area contributed by atoms with E-state index in [0.717, 1.165) is 38.0 Å². The summed E-state index contributed by atoms with van der Waals surface area (Å²) in [5.74, 6) is 0.793. The molecule has 0 radical (unpaired) electrons. The summed E-state index contributed by atoms with van der Waals surface area (Å²) in [6.07, 6.45) is 6.21. The summed E-state index contributed by atoms with van der Waals surface area (Å²) in [5, 5.41) is 0. The van der Waals surface area contributed by atoms with Crippen molar-refractivity contribution in [3.63, 3.8) is 0 Å². The van der Waals surface area contributed by atoms with Gasteiger partial charge in [-0.1, -0.05) is 13.8 Å². The van der Waals surface area contributed by atoms with Crippen LogP contribution >= 0.6 is 0 Å². The second-order valence-electron chi connectivity index (χ2n) is 5.80. The molecular weight excluding hydrogens is 212 g/mol. The normalized spacial score (nSPS) is 18.0. The summed E-state index contributed by atoms with van der Waals surface area (Å²) in [6.45, 7) is 7.72. The molecule has 0 aromatic heterocycles. The monoisotopic (exact) mass is 242 g/mol. The van der Waals surface area contributed by atoms with E-state index in [1.165, 1.54) is 25.8 Å². The number of methoxy groups -OCH3 is 1. The van der Waals surface area contributed by atoms with Crippen molar-refractivity contribution >= 4 is 0 Å². The predicted molar refractivity (Wildman–Crippen MR) is 73.1 cm³/mol. The van der Waals surface area contributed by atoms with Crippen molar-refractivity contribution in [2.75, 3.05) is 26.8 Å². The number of nitrogens with two attached hydrogens (primary N) is 1. The molecule has 0 heterocycles. The Morgan fingerprint density at radius 1 is 1.29 bits per heavy atom. The molecule has 102 valence electrons. The first-order chi connectivity index (χ1) is 8.13. The molecule has 1 saturated carbocycles. The van der Waals surface area contributed by atoms with Gasteiger partial charge in [0.1, 0.15) is 0 Å². The van der Waals surface area contributed by atoms with Crippen LogP contribution in [0.25, 0.3) is 0 Å². The summed E-state index contributed by atoms with van der Waals surface area (Å²) < 4.78 is 5.07. The van der Waals surface area contributed by atoms with Crippen LogP contribution in [0, 0.1) is 5.92 Å². The minimum atomic E-state index is 0.318. The fraction of sp³-hybridized carbons (Fsp3) is 1.00. The summed E-state index contributed by atoms with van der Waals surface area (Å²) in [7, 11) is 1.75. The minimum absolute atomic E-state index is 0.318. The molecule has 1 aliphatic rings. The topological polar surface area (TPSA) is 38.5 Å². The van der Waals surface area contributed by atoms with Gasteiger partial charge in [0.2, 0.25) is 0 Å². The number of ether oxygens (including phenoxy) is 1. The van der Waals surface area contributed by atoms with Crippen LogP contribution in [0.15, 0.2) is 0 Å². The number of rotatable bonds is 10. The lowest BCUT2D eigenvalue weighted by Crippen LogP contribution is -2.39. The zero-order valence-corrected chi connectivity index (χ0v) is 11.8. The smallest absolute Gasteiger partial charge is 0.0462 e. The second kappa shape index (κ2) is 8.06. The summed E-state index contributed by atoms with van der Waals surface area (Å²) in [6, 6.07) is 1.15. The van der Waals surface area contributed by atoms with Gasteiger partial charge >= 0.3 is 0 Å². The van der Waals surface area contributed by atoms with E-state index in [0.29, 0.717) is 6.04 Å². The van der Waals surface area contributed by atoms with Gasteiger partial charge in [-0.15, -0.1) is 0 Å². The van der Waals surface area contributed by atoms with Gasteiger partial charge in [-0.3, -0.25) is 4.90 Å². The van der Waals surface area contributed by atoms with Gasteiger partial charge in [-0.2, -0.15) is 0 Å². The fourth-order valence-electron chi connectivity index (χ4n) is 2.17. The Labute approximate surface area is 107 Å². The molecule has 1 rings (SSSR count). The van der Waals surface area contributed by atoms with Gasteiger partial charge in [0, 0.05) is 32.3 Å². The largest absolute Gasteiger partial charge is 0.385 e. The van der Waals surface area contributed by atoms with Gasteiger partial charge in [0.05, 0.1) is 0 Å². The van der Waals surface area contributed by atoms with Crippen LogP contribution in [0.3, 0.4) is 0 Å². The van der Waals surface area contributed by atoms with E-state index in [9.17, 15) is 0 Å². The standard InChI is InChI=1S/C14H30N2O/c1-12(2)8-9-16(14-6-7-14)11-13(15)5-4-10-17-3/h12-14H,4-11,15H2,1-3H3. The third-order valence-electron chi connectivity index (χ3n) is 3.45. The van der Waals surface area contributed by atoms with Crippen molar-refractivity contribution in [2.24, 2.45) is 11.7 Å². The van der Waals surface area contributed by atoms with E-state index in [1.807, 2.05) is 0 Å². The molecular formula is C14H30N2O. The Morgan fingerprint density at radius 3 is 2.53 bits per heavy atom. The maximum atomic E-state index is 6.19. The maximum absolute atomic E-state index is 6.19. The number of hydrogen-bond donors (Lipinski definition) is 1. The third kappa shape index (κ3) is 7.02. The van der Waals surface area contributed by atoms with E-state index in [-0.39, 0.29) is 0 Å². The van der Waals surface area contributed by atoms with Gasteiger partial charge < -0.3 is 10.5 Å². The lowest BCUT2D eigenvalue weighted by molar-refractivity contribution is 0.182. The van der Waals surface area contributed by atoms with Gasteiger partial charge in [-0.25, -0.2) is 0 Å². The summed E-state index contributed by atoms with van der Waals surface area (Å²) in [4.78, 5) is 2.61. The summed E-state index contributed by atoms with van der Waals surface area (Å²) >= 11 is 0. The quantitative estimate of drug-likeness (QED) is 0.597. The molecule has 0 aromatic rings. The Hall–Kier alpha value is -0.120. The van der Waals surface area contributed by atoms with Crippen molar-refractivity contribution in [3.05, 3.63) is 0 Å². The van der Waals surface area contributed by atoms with E-state index >= 15 is 0 Å². The molecule has 1 atom stereocenters. The number of hydrogen-bond acceptors (Lipinski definition) is 3. The highest BCUT2D eigenvalue weighted by Gasteiger charge is 2.29. The third-order valence-corrected chi connectivity index (χ3v) is 3.45. The zero-order chi connectivity index (χ0) is 12.7. The first kappa shape index (κ1) is 14.9. The van der Waals surface area contributed by atoms with Gasteiger partial charge in [0.15, 0.2) is 0 Å². The average molecular weight is 242 g/mol. The minimum Gasteiger partial charge on any atom is -0.385 e. The Kier molecular flexibility index (Phi) is 7.09. The molecule has 2 N–H and O–H groups in total. The average Bonchev–Trinajstić information content (AvgIpc) is 3.08. The fourth-order valence-corrected chi connectivity index (χ4v) is 2.17. The molecule has 0 saturated heterocycles. The second-order valence-corrected chi connectivity index (χ2v) is 5.80. The lowest BCUT2D eigenvalue weighted by atomic mass is 10.1. The highest BCUT2D eigenvalue weighted by Crippen LogP contribution is 2.27. The predicted octanol–water partition coefficient (Wildman–Crippen LogP) is 2.25. The molecule has 0 aliphatic heterocycles. The van der Waals surface area contributed by atoms with Crippen molar-refractivity contribution in [1.29, 1.82) is 0 Å². The van der Waals surface area contributed by atoms with Crippen molar-refractivity contribution in [3.8, 4) is 0 Å². The molecule has 0 amide bonds. The maximum Gasteiger partial charge on any atom is 0.0462 e. The molecule has 0 spiro atoms. The van der Waals surface area contributed by atoms with E-state index in [2.05, 4.69) is 18.7 Å². The van der Waals surface area contributed by atoms with Crippen molar-refractivity contribution < 1.29 is 4.74 Å².